The van der Waals surface area contributed by atoms with Gasteiger partial charge in [-0.25, -0.2) is 4.98 Å². The van der Waals surface area contributed by atoms with Gasteiger partial charge in [-0.05, 0) is 38.8 Å². The molecule has 112 valence electrons. The molecule has 2 aliphatic heterocycles. The lowest BCUT2D eigenvalue weighted by atomic mass is 10.2. The van der Waals surface area contributed by atoms with Crippen LogP contribution in [0.4, 0.5) is 5.13 Å². The van der Waals surface area contributed by atoms with Gasteiger partial charge in [0.1, 0.15) is 0 Å². The molecule has 1 unspecified atom stereocenters. The first-order valence-corrected chi connectivity index (χ1v) is 8.89. The summed E-state index contributed by atoms with van der Waals surface area (Å²) < 4.78 is 0. The molecule has 0 bridgehead atoms. The van der Waals surface area contributed by atoms with E-state index in [1.807, 2.05) is 11.3 Å². The summed E-state index contributed by atoms with van der Waals surface area (Å²) in [5.41, 5.74) is 1.20. The third-order valence-electron chi connectivity index (χ3n) is 4.35. The summed E-state index contributed by atoms with van der Waals surface area (Å²) >= 11 is 1.81. The maximum Gasteiger partial charge on any atom is 0.185 e. The summed E-state index contributed by atoms with van der Waals surface area (Å²) in [6.07, 6.45) is 5.20. The number of aromatic nitrogens is 1. The molecular weight excluding hydrogens is 268 g/mol. The van der Waals surface area contributed by atoms with E-state index < -0.39 is 0 Å². The monoisotopic (exact) mass is 294 g/mol. The zero-order valence-electron chi connectivity index (χ0n) is 12.5. The average Bonchev–Trinajstić information content (AvgIpc) is 3.05. The van der Waals surface area contributed by atoms with Crippen LogP contribution in [0.2, 0.25) is 0 Å². The molecule has 0 saturated carbocycles. The summed E-state index contributed by atoms with van der Waals surface area (Å²) in [5, 5.41) is 6.88. The highest BCUT2D eigenvalue weighted by Crippen LogP contribution is 2.27. The SMILES string of the molecule is CCCNCc1csc(N2CCCN3CCCC3C2)n1. The van der Waals surface area contributed by atoms with Crippen molar-refractivity contribution in [3.05, 3.63) is 11.1 Å². The molecule has 2 aliphatic rings. The normalized spacial score (nSPS) is 23.9. The Bertz CT molecular complexity index is 420. The topological polar surface area (TPSA) is 31.4 Å². The number of rotatable bonds is 5. The van der Waals surface area contributed by atoms with E-state index in [0.717, 1.165) is 19.1 Å². The van der Waals surface area contributed by atoms with Crippen LogP contribution in [-0.2, 0) is 6.54 Å². The fraction of sp³-hybridized carbons (Fsp3) is 0.800. The molecule has 5 heteroatoms. The fourth-order valence-electron chi connectivity index (χ4n) is 3.30. The van der Waals surface area contributed by atoms with Crippen LogP contribution in [0.5, 0.6) is 0 Å². The van der Waals surface area contributed by atoms with Crippen molar-refractivity contribution in [1.82, 2.24) is 15.2 Å². The highest BCUT2D eigenvalue weighted by Gasteiger charge is 2.29. The van der Waals surface area contributed by atoms with Crippen molar-refractivity contribution in [2.24, 2.45) is 0 Å². The van der Waals surface area contributed by atoms with Crippen molar-refractivity contribution in [2.75, 3.05) is 37.6 Å². The predicted octanol–water partition coefficient (Wildman–Crippen LogP) is 2.32. The van der Waals surface area contributed by atoms with Crippen LogP contribution < -0.4 is 10.2 Å². The molecule has 0 aromatic carbocycles. The minimum Gasteiger partial charge on any atom is -0.346 e. The molecule has 3 rings (SSSR count). The third-order valence-corrected chi connectivity index (χ3v) is 5.30. The van der Waals surface area contributed by atoms with Crippen molar-refractivity contribution >= 4 is 16.5 Å². The number of hydrogen-bond acceptors (Lipinski definition) is 5. The second kappa shape index (κ2) is 6.87. The Kier molecular flexibility index (Phi) is 4.91. The summed E-state index contributed by atoms with van der Waals surface area (Å²) in [5.74, 6) is 0. The van der Waals surface area contributed by atoms with Gasteiger partial charge in [-0.2, -0.15) is 0 Å². The lowest BCUT2D eigenvalue weighted by Gasteiger charge is -2.25. The summed E-state index contributed by atoms with van der Waals surface area (Å²) in [4.78, 5) is 10.0. The van der Waals surface area contributed by atoms with Crippen LogP contribution >= 0.6 is 11.3 Å². The number of nitrogens with one attached hydrogen (secondary N) is 1. The minimum absolute atomic E-state index is 0.767. The van der Waals surface area contributed by atoms with Crippen molar-refractivity contribution in [1.29, 1.82) is 0 Å². The minimum atomic E-state index is 0.767. The molecule has 0 aliphatic carbocycles. The van der Waals surface area contributed by atoms with Gasteiger partial charge in [0.25, 0.3) is 0 Å². The van der Waals surface area contributed by atoms with Crippen molar-refractivity contribution in [3.63, 3.8) is 0 Å². The largest absolute Gasteiger partial charge is 0.346 e. The number of fused-ring (bicyclic) bond motifs is 1. The Morgan fingerprint density at radius 3 is 3.15 bits per heavy atom. The Morgan fingerprint density at radius 2 is 2.25 bits per heavy atom. The van der Waals surface area contributed by atoms with Gasteiger partial charge in [-0.15, -0.1) is 11.3 Å². The first kappa shape index (κ1) is 14.3. The molecule has 0 spiro atoms. The van der Waals surface area contributed by atoms with E-state index in [0.29, 0.717) is 0 Å². The maximum absolute atomic E-state index is 4.83. The van der Waals surface area contributed by atoms with E-state index in [1.165, 1.54) is 62.7 Å². The van der Waals surface area contributed by atoms with E-state index in [-0.39, 0.29) is 0 Å². The van der Waals surface area contributed by atoms with Crippen LogP contribution in [0.3, 0.4) is 0 Å². The standard InChI is InChI=1S/C15H26N4S/c1-2-6-16-10-13-12-20-15(17-13)19-9-4-8-18-7-3-5-14(18)11-19/h12,14,16H,2-11H2,1H3. The third kappa shape index (κ3) is 3.32. The highest BCUT2D eigenvalue weighted by molar-refractivity contribution is 7.13. The van der Waals surface area contributed by atoms with Crippen molar-refractivity contribution in [2.45, 2.75) is 45.2 Å². The molecule has 20 heavy (non-hydrogen) atoms. The molecule has 4 nitrogen and oxygen atoms in total. The zero-order valence-corrected chi connectivity index (χ0v) is 13.3. The number of anilines is 1. The van der Waals surface area contributed by atoms with Crippen molar-refractivity contribution in [3.8, 4) is 0 Å². The summed E-state index contributed by atoms with van der Waals surface area (Å²) in [7, 11) is 0. The second-order valence-corrected chi connectivity index (χ2v) is 6.77. The molecule has 1 atom stereocenters. The summed E-state index contributed by atoms with van der Waals surface area (Å²) in [6.45, 7) is 9.11. The predicted molar refractivity (Wildman–Crippen MR) is 85.5 cm³/mol. The van der Waals surface area contributed by atoms with Gasteiger partial charge in [0.05, 0.1) is 5.69 Å². The van der Waals surface area contributed by atoms with E-state index in [1.54, 1.807) is 0 Å². The first-order valence-electron chi connectivity index (χ1n) is 8.01. The molecule has 3 heterocycles. The van der Waals surface area contributed by atoms with Gasteiger partial charge in [0, 0.05) is 37.6 Å². The quantitative estimate of drug-likeness (QED) is 0.845. The Hall–Kier alpha value is -0.650. The zero-order chi connectivity index (χ0) is 13.8. The van der Waals surface area contributed by atoms with Crippen LogP contribution in [0.25, 0.3) is 0 Å². The Morgan fingerprint density at radius 1 is 1.35 bits per heavy atom. The first-order chi connectivity index (χ1) is 9.86. The number of hydrogen-bond donors (Lipinski definition) is 1. The molecule has 1 N–H and O–H groups in total. The van der Waals surface area contributed by atoms with Crippen LogP contribution in [0.15, 0.2) is 5.38 Å². The molecule has 2 fully saturated rings. The molecular formula is C15H26N4S. The molecule has 2 saturated heterocycles. The van der Waals surface area contributed by atoms with Crippen LogP contribution in [0.1, 0.15) is 38.3 Å². The van der Waals surface area contributed by atoms with E-state index >= 15 is 0 Å². The molecule has 0 radical (unpaired) electrons. The van der Waals surface area contributed by atoms with Gasteiger partial charge in [-0.3, -0.25) is 4.90 Å². The van der Waals surface area contributed by atoms with Gasteiger partial charge in [0.15, 0.2) is 5.13 Å². The van der Waals surface area contributed by atoms with Gasteiger partial charge < -0.3 is 10.2 Å². The van der Waals surface area contributed by atoms with Crippen LogP contribution in [0, 0.1) is 0 Å². The average molecular weight is 294 g/mol. The second-order valence-electron chi connectivity index (χ2n) is 5.93. The van der Waals surface area contributed by atoms with Gasteiger partial charge in [-0.1, -0.05) is 6.92 Å². The number of nitrogens with zero attached hydrogens (tertiary/aromatic N) is 3. The van der Waals surface area contributed by atoms with Crippen molar-refractivity contribution < 1.29 is 0 Å². The Labute approximate surface area is 126 Å². The van der Waals surface area contributed by atoms with E-state index in [4.69, 9.17) is 4.98 Å². The molecule has 0 amide bonds. The van der Waals surface area contributed by atoms with Gasteiger partial charge >= 0.3 is 0 Å². The fourth-order valence-corrected chi connectivity index (χ4v) is 4.16. The number of thiazole rings is 1. The highest BCUT2D eigenvalue weighted by atomic mass is 32.1. The Balaban J connectivity index is 1.60. The van der Waals surface area contributed by atoms with Gasteiger partial charge in [0.2, 0.25) is 0 Å². The van der Waals surface area contributed by atoms with E-state index in [2.05, 4.69) is 27.4 Å². The summed E-state index contributed by atoms with van der Waals surface area (Å²) in [6, 6.07) is 0.767. The lowest BCUT2D eigenvalue weighted by molar-refractivity contribution is 0.273. The van der Waals surface area contributed by atoms with Crippen LogP contribution in [-0.4, -0.2) is 48.6 Å². The van der Waals surface area contributed by atoms with E-state index in [9.17, 15) is 0 Å². The molecule has 1 aromatic rings. The maximum atomic E-state index is 4.83. The molecule has 1 aromatic heterocycles. The lowest BCUT2D eigenvalue weighted by Crippen LogP contribution is -2.36. The smallest absolute Gasteiger partial charge is 0.185 e.